The SMILES string of the molecule is CC(C)(C)C1CN(C2CCC3(CC2)CN(C2CCC4(CC2)CN(C(C)(C)C)C4)C3)C1. The highest BCUT2D eigenvalue weighted by Gasteiger charge is 2.52. The number of hydrogen-bond donors (Lipinski definition) is 0. The van der Waals surface area contributed by atoms with Gasteiger partial charge in [0, 0.05) is 56.9 Å². The zero-order valence-corrected chi connectivity index (χ0v) is 21.0. The maximum absolute atomic E-state index is 2.90. The zero-order valence-electron chi connectivity index (χ0n) is 21.0. The van der Waals surface area contributed by atoms with E-state index in [0.717, 1.165) is 18.0 Å². The van der Waals surface area contributed by atoms with Gasteiger partial charge in [-0.15, -0.1) is 0 Å². The third kappa shape index (κ3) is 3.90. The van der Waals surface area contributed by atoms with Gasteiger partial charge in [-0.25, -0.2) is 0 Å². The first-order valence-corrected chi connectivity index (χ1v) is 13.2. The molecule has 0 radical (unpaired) electrons. The van der Waals surface area contributed by atoms with Gasteiger partial charge in [0.1, 0.15) is 0 Å². The van der Waals surface area contributed by atoms with Crippen LogP contribution in [0.2, 0.25) is 0 Å². The molecule has 0 bridgehead atoms. The van der Waals surface area contributed by atoms with Crippen molar-refractivity contribution in [1.29, 1.82) is 0 Å². The van der Waals surface area contributed by atoms with Crippen LogP contribution < -0.4 is 0 Å². The normalized spacial score (nSPS) is 34.0. The van der Waals surface area contributed by atoms with Crippen LogP contribution in [0, 0.1) is 22.2 Å². The summed E-state index contributed by atoms with van der Waals surface area (Å²) in [5.74, 6) is 0.924. The van der Waals surface area contributed by atoms with Crippen molar-refractivity contribution in [2.45, 2.75) is 111 Å². The van der Waals surface area contributed by atoms with Gasteiger partial charge >= 0.3 is 0 Å². The van der Waals surface area contributed by atoms with Gasteiger partial charge in [-0.1, -0.05) is 20.8 Å². The number of hydrogen-bond acceptors (Lipinski definition) is 3. The second kappa shape index (κ2) is 7.19. The molecule has 0 unspecified atom stereocenters. The van der Waals surface area contributed by atoms with Gasteiger partial charge < -0.3 is 0 Å². The van der Waals surface area contributed by atoms with Crippen molar-refractivity contribution in [1.82, 2.24) is 14.7 Å². The molecule has 0 atom stereocenters. The van der Waals surface area contributed by atoms with Crippen LogP contribution in [0.4, 0.5) is 0 Å². The summed E-state index contributed by atoms with van der Waals surface area (Å²) in [5.41, 5.74) is 2.27. The van der Waals surface area contributed by atoms with Crippen LogP contribution in [-0.2, 0) is 0 Å². The van der Waals surface area contributed by atoms with E-state index in [2.05, 4.69) is 56.2 Å². The highest BCUT2D eigenvalue weighted by atomic mass is 15.3. The van der Waals surface area contributed by atoms with Crippen LogP contribution in [0.1, 0.15) is 92.9 Å². The van der Waals surface area contributed by atoms with E-state index in [0.29, 0.717) is 21.8 Å². The van der Waals surface area contributed by atoms with Crippen molar-refractivity contribution in [3.05, 3.63) is 0 Å². The Bertz CT molecular complexity index is 603. The second-order valence-electron chi connectivity index (χ2n) is 14.4. The van der Waals surface area contributed by atoms with Crippen molar-refractivity contribution in [3.63, 3.8) is 0 Å². The summed E-state index contributed by atoms with van der Waals surface area (Å²) in [5, 5.41) is 0. The van der Waals surface area contributed by atoms with Crippen LogP contribution in [0.15, 0.2) is 0 Å². The van der Waals surface area contributed by atoms with Crippen LogP contribution >= 0.6 is 0 Å². The maximum atomic E-state index is 2.90. The minimum atomic E-state index is 0.370. The standard InChI is InChI=1S/C27H49N3/c1-24(2,3)21-15-28(16-21)22-7-11-26(12-8-22)17-29(18-26)23-9-13-27(14-10-23)19-30(20-27)25(4,5)6/h21-23H,7-20H2,1-6H3. The first kappa shape index (κ1) is 21.7. The van der Waals surface area contributed by atoms with Gasteiger partial charge in [-0.2, -0.15) is 0 Å². The second-order valence-corrected chi connectivity index (χ2v) is 14.4. The summed E-state index contributed by atoms with van der Waals surface area (Å²) in [7, 11) is 0. The Hall–Kier alpha value is -0.120. The molecular weight excluding hydrogens is 366 g/mol. The Balaban J connectivity index is 1.02. The minimum absolute atomic E-state index is 0.370. The van der Waals surface area contributed by atoms with Crippen molar-refractivity contribution < 1.29 is 0 Å². The third-order valence-electron chi connectivity index (χ3n) is 10.3. The van der Waals surface area contributed by atoms with E-state index >= 15 is 0 Å². The first-order valence-electron chi connectivity index (χ1n) is 13.2. The van der Waals surface area contributed by atoms with Crippen molar-refractivity contribution in [2.75, 3.05) is 39.3 Å². The fourth-order valence-electron chi connectivity index (χ4n) is 7.46. The molecule has 0 aromatic carbocycles. The highest BCUT2D eigenvalue weighted by Crippen LogP contribution is 2.51. The summed E-state index contributed by atoms with van der Waals surface area (Å²) >= 11 is 0. The smallest absolute Gasteiger partial charge is 0.0125 e. The Kier molecular flexibility index (Phi) is 5.20. The molecule has 0 amide bonds. The number of rotatable bonds is 2. The molecule has 5 aliphatic rings. The minimum Gasteiger partial charge on any atom is -0.300 e. The molecule has 3 nitrogen and oxygen atoms in total. The molecule has 5 fully saturated rings. The summed E-state index contributed by atoms with van der Waals surface area (Å²) in [6.45, 7) is 22.7. The average molecular weight is 416 g/mol. The molecule has 5 rings (SSSR count). The molecule has 3 heteroatoms. The van der Waals surface area contributed by atoms with E-state index in [-0.39, 0.29) is 0 Å². The monoisotopic (exact) mass is 415 g/mol. The molecular formula is C27H49N3. The average Bonchev–Trinajstić information content (AvgIpc) is 2.55. The van der Waals surface area contributed by atoms with Crippen LogP contribution in [0.5, 0.6) is 0 Å². The van der Waals surface area contributed by atoms with Gasteiger partial charge in [0.2, 0.25) is 0 Å². The van der Waals surface area contributed by atoms with Gasteiger partial charge in [0.05, 0.1) is 0 Å². The Morgan fingerprint density at radius 3 is 1.47 bits per heavy atom. The molecule has 30 heavy (non-hydrogen) atoms. The molecule has 3 heterocycles. The maximum Gasteiger partial charge on any atom is 0.0125 e. The molecule has 0 aromatic rings. The molecule has 2 spiro atoms. The lowest BCUT2D eigenvalue weighted by molar-refractivity contribution is -0.119. The van der Waals surface area contributed by atoms with E-state index in [1.807, 2.05) is 0 Å². The highest BCUT2D eigenvalue weighted by molar-refractivity contribution is 5.06. The molecule has 2 saturated carbocycles. The van der Waals surface area contributed by atoms with Gasteiger partial charge in [0.25, 0.3) is 0 Å². The molecule has 3 aliphatic heterocycles. The lowest BCUT2D eigenvalue weighted by Gasteiger charge is -2.62. The predicted molar refractivity (Wildman–Crippen MR) is 127 cm³/mol. The van der Waals surface area contributed by atoms with Crippen LogP contribution in [0.25, 0.3) is 0 Å². The van der Waals surface area contributed by atoms with Crippen molar-refractivity contribution in [2.24, 2.45) is 22.2 Å². The van der Waals surface area contributed by atoms with Crippen LogP contribution in [0.3, 0.4) is 0 Å². The van der Waals surface area contributed by atoms with Gasteiger partial charge in [-0.3, -0.25) is 14.7 Å². The van der Waals surface area contributed by atoms with E-state index in [1.165, 1.54) is 90.6 Å². The molecule has 3 saturated heterocycles. The summed E-state index contributed by atoms with van der Waals surface area (Å²) < 4.78 is 0. The lowest BCUT2D eigenvalue weighted by atomic mass is 9.63. The Morgan fingerprint density at radius 2 is 1.03 bits per heavy atom. The summed E-state index contributed by atoms with van der Waals surface area (Å²) in [4.78, 5) is 8.41. The van der Waals surface area contributed by atoms with Gasteiger partial charge in [0.15, 0.2) is 0 Å². The molecule has 0 aromatic heterocycles. The number of nitrogens with zero attached hydrogens (tertiary/aromatic N) is 3. The Labute approximate surface area is 186 Å². The van der Waals surface area contributed by atoms with Crippen molar-refractivity contribution >= 4 is 0 Å². The predicted octanol–water partition coefficient (Wildman–Crippen LogP) is 5.25. The topological polar surface area (TPSA) is 9.72 Å². The Morgan fingerprint density at radius 1 is 0.600 bits per heavy atom. The lowest BCUT2D eigenvalue weighted by Crippen LogP contribution is -2.66. The third-order valence-corrected chi connectivity index (χ3v) is 10.3. The largest absolute Gasteiger partial charge is 0.300 e. The van der Waals surface area contributed by atoms with Gasteiger partial charge in [-0.05, 0) is 94.3 Å². The van der Waals surface area contributed by atoms with E-state index in [4.69, 9.17) is 0 Å². The summed E-state index contributed by atoms with van der Waals surface area (Å²) in [6.07, 6.45) is 11.9. The van der Waals surface area contributed by atoms with E-state index < -0.39 is 0 Å². The fraction of sp³-hybridized carbons (Fsp3) is 1.00. The van der Waals surface area contributed by atoms with Crippen molar-refractivity contribution in [3.8, 4) is 0 Å². The zero-order chi connectivity index (χ0) is 21.4. The van der Waals surface area contributed by atoms with E-state index in [9.17, 15) is 0 Å². The quantitative estimate of drug-likeness (QED) is 0.610. The first-order chi connectivity index (χ1) is 14.0. The fourth-order valence-corrected chi connectivity index (χ4v) is 7.46. The molecule has 0 N–H and O–H groups in total. The number of likely N-dealkylation sites (tertiary alicyclic amines) is 3. The summed E-state index contributed by atoms with van der Waals surface area (Å²) in [6, 6.07) is 1.81. The van der Waals surface area contributed by atoms with E-state index in [1.54, 1.807) is 0 Å². The molecule has 2 aliphatic carbocycles. The molecule has 172 valence electrons. The van der Waals surface area contributed by atoms with Crippen LogP contribution in [-0.4, -0.2) is 71.6 Å².